The van der Waals surface area contributed by atoms with Gasteiger partial charge in [-0.3, -0.25) is 9.20 Å². The number of carbonyl (C=O) groups excluding carboxylic acids is 1. The number of methoxy groups -OCH3 is 3. The highest BCUT2D eigenvalue weighted by Crippen LogP contribution is 2.35. The number of nitrogens with zero attached hydrogens (tertiary/aromatic N) is 2. The van der Waals surface area contributed by atoms with Crippen LogP contribution in [-0.4, -0.2) is 36.7 Å². The lowest BCUT2D eigenvalue weighted by atomic mass is 10.1. The maximum absolute atomic E-state index is 12.5. The summed E-state index contributed by atoms with van der Waals surface area (Å²) in [6.07, 6.45) is 0. The lowest BCUT2D eigenvalue weighted by molar-refractivity contribution is 0.0463. The molecule has 27 heavy (non-hydrogen) atoms. The number of aryl methyl sites for hydroxylation is 1. The molecule has 3 rings (SSSR count). The van der Waals surface area contributed by atoms with Gasteiger partial charge in [0.1, 0.15) is 17.9 Å². The number of ether oxygens (including phenoxy) is 4. The van der Waals surface area contributed by atoms with E-state index < -0.39 is 5.97 Å². The van der Waals surface area contributed by atoms with Crippen molar-refractivity contribution in [3.8, 4) is 17.2 Å². The number of hydrogen-bond acceptors (Lipinski definition) is 8. The Morgan fingerprint density at radius 2 is 1.74 bits per heavy atom. The first-order chi connectivity index (χ1) is 13.0. The van der Waals surface area contributed by atoms with Crippen LogP contribution in [-0.2, 0) is 11.3 Å². The smallest absolute Gasteiger partial charge is 0.342 e. The van der Waals surface area contributed by atoms with E-state index in [9.17, 15) is 9.59 Å². The minimum atomic E-state index is -0.628. The van der Waals surface area contributed by atoms with Crippen molar-refractivity contribution in [1.82, 2.24) is 9.38 Å². The lowest BCUT2D eigenvalue weighted by Gasteiger charge is -2.13. The van der Waals surface area contributed by atoms with Crippen molar-refractivity contribution in [2.75, 3.05) is 21.3 Å². The average molecular weight is 390 g/mol. The number of hydrogen-bond donors (Lipinski definition) is 0. The molecule has 2 aromatic heterocycles. The maximum Gasteiger partial charge on any atom is 0.342 e. The monoisotopic (exact) mass is 390 g/mol. The van der Waals surface area contributed by atoms with Crippen LogP contribution < -0.4 is 19.8 Å². The van der Waals surface area contributed by atoms with Crippen LogP contribution >= 0.6 is 11.3 Å². The number of aromatic nitrogens is 2. The zero-order valence-electron chi connectivity index (χ0n) is 15.3. The molecule has 0 fully saturated rings. The molecule has 0 radical (unpaired) electrons. The molecule has 8 nitrogen and oxygen atoms in total. The molecular weight excluding hydrogens is 372 g/mol. The molecule has 0 aliphatic heterocycles. The fourth-order valence-corrected chi connectivity index (χ4v) is 3.47. The van der Waals surface area contributed by atoms with Crippen LogP contribution in [0.2, 0.25) is 0 Å². The number of benzene rings is 1. The van der Waals surface area contributed by atoms with Crippen molar-refractivity contribution in [2.24, 2.45) is 0 Å². The van der Waals surface area contributed by atoms with E-state index >= 15 is 0 Å². The number of esters is 1. The third-order valence-electron chi connectivity index (χ3n) is 3.91. The van der Waals surface area contributed by atoms with E-state index in [4.69, 9.17) is 18.9 Å². The molecule has 3 aromatic rings. The topological polar surface area (TPSA) is 88.4 Å². The van der Waals surface area contributed by atoms with E-state index in [1.807, 2.05) is 12.3 Å². The molecule has 142 valence electrons. The highest BCUT2D eigenvalue weighted by atomic mass is 32.1. The van der Waals surface area contributed by atoms with E-state index in [2.05, 4.69) is 4.98 Å². The minimum Gasteiger partial charge on any atom is -0.496 e. The first-order valence-corrected chi connectivity index (χ1v) is 8.80. The minimum absolute atomic E-state index is 0.140. The SMILES string of the molecule is COc1cc(OC)c(C(=O)OCc2cc(=O)n3c(C)csc3n2)cc1OC. The standard InChI is InChI=1S/C18H18N2O6S/c1-10-9-27-18-19-11(5-16(21)20(10)18)8-26-17(22)12-6-14(24-3)15(25-4)7-13(12)23-2/h5-7,9H,8H2,1-4H3. The molecule has 0 N–H and O–H groups in total. The fraction of sp³-hybridized carbons (Fsp3) is 0.278. The summed E-state index contributed by atoms with van der Waals surface area (Å²) in [6, 6.07) is 4.38. The molecule has 9 heteroatoms. The lowest BCUT2D eigenvalue weighted by Crippen LogP contribution is -2.16. The summed E-state index contributed by atoms with van der Waals surface area (Å²) in [7, 11) is 4.39. The highest BCUT2D eigenvalue weighted by Gasteiger charge is 2.19. The number of rotatable bonds is 6. The summed E-state index contributed by atoms with van der Waals surface area (Å²) in [5, 5.41) is 1.84. The maximum atomic E-state index is 12.5. The van der Waals surface area contributed by atoms with Gasteiger partial charge in [0.15, 0.2) is 16.5 Å². The molecule has 0 unspecified atom stereocenters. The molecule has 0 saturated heterocycles. The van der Waals surface area contributed by atoms with Gasteiger partial charge in [-0.05, 0) is 6.92 Å². The van der Waals surface area contributed by atoms with Gasteiger partial charge in [0, 0.05) is 29.3 Å². The van der Waals surface area contributed by atoms with Gasteiger partial charge >= 0.3 is 5.97 Å². The zero-order chi connectivity index (χ0) is 19.6. The molecule has 0 aliphatic carbocycles. The average Bonchev–Trinajstić information content (AvgIpc) is 3.06. The summed E-state index contributed by atoms with van der Waals surface area (Å²) in [6.45, 7) is 1.69. The van der Waals surface area contributed by atoms with Crippen molar-refractivity contribution >= 4 is 22.3 Å². The van der Waals surface area contributed by atoms with E-state index in [0.29, 0.717) is 22.2 Å². The van der Waals surface area contributed by atoms with Crippen molar-refractivity contribution in [2.45, 2.75) is 13.5 Å². The summed E-state index contributed by atoms with van der Waals surface area (Å²) in [5.74, 6) is 0.461. The van der Waals surface area contributed by atoms with Gasteiger partial charge in [0.25, 0.3) is 5.56 Å². The number of fused-ring (bicyclic) bond motifs is 1. The fourth-order valence-electron chi connectivity index (χ4n) is 2.58. The first-order valence-electron chi connectivity index (χ1n) is 7.92. The van der Waals surface area contributed by atoms with Crippen LogP contribution in [0.1, 0.15) is 21.7 Å². The summed E-state index contributed by atoms with van der Waals surface area (Å²) >= 11 is 1.35. The van der Waals surface area contributed by atoms with Gasteiger partial charge in [0.2, 0.25) is 0 Å². The molecule has 2 heterocycles. The Balaban J connectivity index is 1.85. The van der Waals surface area contributed by atoms with Crippen LogP contribution in [0.4, 0.5) is 0 Å². The van der Waals surface area contributed by atoms with Gasteiger partial charge in [-0.15, -0.1) is 11.3 Å². The molecular formula is C18H18N2O6S. The molecule has 0 saturated carbocycles. The highest BCUT2D eigenvalue weighted by molar-refractivity contribution is 7.15. The van der Waals surface area contributed by atoms with Crippen LogP contribution in [0.15, 0.2) is 28.4 Å². The van der Waals surface area contributed by atoms with E-state index in [-0.39, 0.29) is 23.5 Å². The largest absolute Gasteiger partial charge is 0.496 e. The third-order valence-corrected chi connectivity index (χ3v) is 4.85. The Hall–Kier alpha value is -3.07. The van der Waals surface area contributed by atoms with Gasteiger partial charge < -0.3 is 18.9 Å². The third kappa shape index (κ3) is 3.59. The molecule has 0 atom stereocenters. The Kier molecular flexibility index (Phi) is 5.31. The van der Waals surface area contributed by atoms with Gasteiger partial charge in [0.05, 0.1) is 27.0 Å². The van der Waals surface area contributed by atoms with Gasteiger partial charge in [-0.2, -0.15) is 0 Å². The Morgan fingerprint density at radius 1 is 1.07 bits per heavy atom. The summed E-state index contributed by atoms with van der Waals surface area (Å²) in [5.41, 5.74) is 1.15. The second-order valence-electron chi connectivity index (χ2n) is 5.56. The Morgan fingerprint density at radius 3 is 2.41 bits per heavy atom. The normalized spacial score (nSPS) is 10.7. The first kappa shape index (κ1) is 18.7. The zero-order valence-corrected chi connectivity index (χ0v) is 16.1. The van der Waals surface area contributed by atoms with Crippen molar-refractivity contribution in [1.29, 1.82) is 0 Å². The molecule has 0 aliphatic rings. The predicted molar refractivity (Wildman–Crippen MR) is 99.3 cm³/mol. The molecule has 0 amide bonds. The summed E-state index contributed by atoms with van der Waals surface area (Å²) < 4.78 is 22.5. The number of carbonyl (C=O) groups is 1. The van der Waals surface area contributed by atoms with E-state index in [1.165, 1.54) is 49.2 Å². The summed E-state index contributed by atoms with van der Waals surface area (Å²) in [4.78, 5) is 29.6. The molecule has 1 aromatic carbocycles. The quantitative estimate of drug-likeness (QED) is 0.597. The Bertz CT molecular complexity index is 1060. The van der Waals surface area contributed by atoms with Crippen LogP contribution in [0.3, 0.4) is 0 Å². The number of thiazole rings is 1. The van der Waals surface area contributed by atoms with Crippen LogP contribution in [0.25, 0.3) is 4.96 Å². The predicted octanol–water partition coefficient (Wildman–Crippen LogP) is 2.45. The van der Waals surface area contributed by atoms with Crippen LogP contribution in [0, 0.1) is 6.92 Å². The van der Waals surface area contributed by atoms with Gasteiger partial charge in [-0.1, -0.05) is 0 Å². The second-order valence-corrected chi connectivity index (χ2v) is 6.40. The van der Waals surface area contributed by atoms with E-state index in [0.717, 1.165) is 5.69 Å². The van der Waals surface area contributed by atoms with E-state index in [1.54, 1.807) is 6.07 Å². The molecule has 0 bridgehead atoms. The molecule has 0 spiro atoms. The van der Waals surface area contributed by atoms with Gasteiger partial charge in [-0.25, -0.2) is 9.78 Å². The Labute approximate surface area is 158 Å². The van der Waals surface area contributed by atoms with Crippen molar-refractivity contribution in [3.05, 3.63) is 50.9 Å². The second kappa shape index (κ2) is 7.67. The van der Waals surface area contributed by atoms with Crippen molar-refractivity contribution < 1.29 is 23.7 Å². The van der Waals surface area contributed by atoms with Crippen LogP contribution in [0.5, 0.6) is 17.2 Å². The van der Waals surface area contributed by atoms with Crippen molar-refractivity contribution in [3.63, 3.8) is 0 Å².